The zero-order valence-electron chi connectivity index (χ0n) is 13.6. The fourth-order valence-electron chi connectivity index (χ4n) is 3.33. The molecule has 0 aromatic heterocycles. The van der Waals surface area contributed by atoms with Gasteiger partial charge in [-0.15, -0.1) is 0 Å². The Labute approximate surface area is 158 Å². The third kappa shape index (κ3) is 3.40. The van der Waals surface area contributed by atoms with E-state index in [1.54, 1.807) is 0 Å². The highest BCUT2D eigenvalue weighted by molar-refractivity contribution is 9.10. The van der Waals surface area contributed by atoms with Gasteiger partial charge in [0.25, 0.3) is 0 Å². The topological polar surface area (TPSA) is 34.1 Å². The minimum absolute atomic E-state index is 0.105. The standard InChI is InChI=1S/2C10H9BrO/c2*1-6-9-3-2-8(11)4-7(9)5-10(6)12/h2*2-4,6H,5H2,1H3. The largest absolute Gasteiger partial charge is 0.299 e. The molecule has 24 heavy (non-hydrogen) atoms. The van der Waals surface area contributed by atoms with Crippen LogP contribution >= 0.6 is 31.9 Å². The fourth-order valence-corrected chi connectivity index (χ4v) is 4.15. The number of hydrogen-bond acceptors (Lipinski definition) is 2. The van der Waals surface area contributed by atoms with Crippen molar-refractivity contribution in [3.8, 4) is 0 Å². The molecule has 0 bridgehead atoms. The highest BCUT2D eigenvalue weighted by Crippen LogP contribution is 2.32. The van der Waals surface area contributed by atoms with E-state index in [0.29, 0.717) is 24.4 Å². The molecule has 0 saturated heterocycles. The third-order valence-corrected chi connectivity index (χ3v) is 5.82. The van der Waals surface area contributed by atoms with E-state index in [0.717, 1.165) is 8.95 Å². The van der Waals surface area contributed by atoms with Crippen LogP contribution in [0.3, 0.4) is 0 Å². The summed E-state index contributed by atoms with van der Waals surface area (Å²) in [5.74, 6) is 0.882. The summed E-state index contributed by atoms with van der Waals surface area (Å²) in [4.78, 5) is 22.7. The second-order valence-corrected chi connectivity index (χ2v) is 8.25. The van der Waals surface area contributed by atoms with Gasteiger partial charge in [-0.2, -0.15) is 0 Å². The maximum atomic E-state index is 11.3. The van der Waals surface area contributed by atoms with E-state index in [4.69, 9.17) is 0 Å². The fraction of sp³-hybridized carbons (Fsp3) is 0.300. The molecular formula is C20H18Br2O2. The summed E-state index contributed by atoms with van der Waals surface area (Å²) in [6.07, 6.45) is 1.21. The number of carbonyl (C=O) groups is 2. The van der Waals surface area contributed by atoms with Crippen LogP contribution in [0.25, 0.3) is 0 Å². The molecule has 0 radical (unpaired) electrons. The van der Waals surface area contributed by atoms with Gasteiger partial charge in [0, 0.05) is 33.6 Å². The summed E-state index contributed by atoms with van der Waals surface area (Å²) in [7, 11) is 0. The molecule has 0 fully saturated rings. The number of hydrogen-bond donors (Lipinski definition) is 0. The van der Waals surface area contributed by atoms with E-state index in [2.05, 4.69) is 31.9 Å². The van der Waals surface area contributed by atoms with Crippen molar-refractivity contribution >= 4 is 43.4 Å². The predicted octanol–water partition coefficient (Wildman–Crippen LogP) is 5.36. The number of halogens is 2. The second kappa shape index (κ2) is 6.93. The first kappa shape index (κ1) is 17.6. The van der Waals surface area contributed by atoms with Crippen molar-refractivity contribution < 1.29 is 9.59 Å². The molecule has 4 rings (SSSR count). The van der Waals surface area contributed by atoms with Crippen molar-refractivity contribution in [1.29, 1.82) is 0 Å². The van der Waals surface area contributed by atoms with Gasteiger partial charge >= 0.3 is 0 Å². The molecule has 4 heteroatoms. The molecule has 2 aliphatic carbocycles. The number of rotatable bonds is 0. The molecule has 0 N–H and O–H groups in total. The summed E-state index contributed by atoms with van der Waals surface area (Å²) < 4.78 is 2.12. The lowest BCUT2D eigenvalue weighted by atomic mass is 10.0. The molecule has 124 valence electrons. The molecule has 0 heterocycles. The quantitative estimate of drug-likeness (QED) is 0.542. The minimum atomic E-state index is 0.105. The van der Waals surface area contributed by atoms with Gasteiger partial charge in [-0.25, -0.2) is 0 Å². The maximum Gasteiger partial charge on any atom is 0.144 e. The number of benzene rings is 2. The zero-order valence-corrected chi connectivity index (χ0v) is 16.8. The van der Waals surface area contributed by atoms with Gasteiger partial charge in [0.05, 0.1) is 0 Å². The minimum Gasteiger partial charge on any atom is -0.299 e. The molecule has 2 unspecified atom stereocenters. The molecule has 2 aromatic rings. The van der Waals surface area contributed by atoms with E-state index >= 15 is 0 Å². The Morgan fingerprint density at radius 1 is 0.750 bits per heavy atom. The molecule has 0 amide bonds. The Morgan fingerprint density at radius 3 is 1.50 bits per heavy atom. The third-order valence-electron chi connectivity index (χ3n) is 4.84. The van der Waals surface area contributed by atoms with Gasteiger partial charge in [0.2, 0.25) is 0 Å². The predicted molar refractivity (Wildman–Crippen MR) is 103 cm³/mol. The van der Waals surface area contributed by atoms with E-state index in [1.807, 2.05) is 50.2 Å². The Balaban J connectivity index is 0.000000141. The van der Waals surface area contributed by atoms with Crippen LogP contribution in [0.5, 0.6) is 0 Å². The summed E-state index contributed by atoms with van der Waals surface area (Å²) >= 11 is 6.79. The van der Waals surface area contributed by atoms with Crippen molar-refractivity contribution in [2.75, 3.05) is 0 Å². The first-order valence-electron chi connectivity index (χ1n) is 7.99. The van der Waals surface area contributed by atoms with Gasteiger partial charge in [0.15, 0.2) is 0 Å². The van der Waals surface area contributed by atoms with Gasteiger partial charge in [-0.3, -0.25) is 9.59 Å². The molecule has 2 nitrogen and oxygen atoms in total. The molecular weight excluding hydrogens is 432 g/mol. The Kier molecular flexibility index (Phi) is 5.07. The molecule has 2 atom stereocenters. The van der Waals surface area contributed by atoms with Crippen molar-refractivity contribution in [3.05, 3.63) is 67.6 Å². The summed E-state index contributed by atoms with van der Waals surface area (Å²) in [6.45, 7) is 3.95. The van der Waals surface area contributed by atoms with Crippen LogP contribution in [-0.2, 0) is 22.4 Å². The lowest BCUT2D eigenvalue weighted by Crippen LogP contribution is -2.00. The average molecular weight is 450 g/mol. The lowest BCUT2D eigenvalue weighted by Gasteiger charge is -2.01. The Bertz CT molecular complexity index is 757. The highest BCUT2D eigenvalue weighted by Gasteiger charge is 2.27. The van der Waals surface area contributed by atoms with Crippen LogP contribution < -0.4 is 0 Å². The van der Waals surface area contributed by atoms with Crippen LogP contribution in [0.1, 0.15) is 47.9 Å². The number of ketones is 2. The van der Waals surface area contributed by atoms with E-state index in [1.165, 1.54) is 22.3 Å². The van der Waals surface area contributed by atoms with E-state index < -0.39 is 0 Å². The van der Waals surface area contributed by atoms with Gasteiger partial charge in [-0.1, -0.05) is 57.8 Å². The van der Waals surface area contributed by atoms with Crippen molar-refractivity contribution in [1.82, 2.24) is 0 Å². The average Bonchev–Trinajstić information content (AvgIpc) is 2.96. The lowest BCUT2D eigenvalue weighted by molar-refractivity contribution is -0.119. The van der Waals surface area contributed by atoms with Crippen LogP contribution in [-0.4, -0.2) is 11.6 Å². The summed E-state index contributed by atoms with van der Waals surface area (Å²) in [5, 5.41) is 0. The first-order chi connectivity index (χ1) is 11.4. The normalized spacial score (nSPS) is 21.2. The number of carbonyl (C=O) groups excluding carboxylic acids is 2. The van der Waals surface area contributed by atoms with Crippen LogP contribution in [0.4, 0.5) is 0 Å². The molecule has 0 spiro atoms. The van der Waals surface area contributed by atoms with Crippen molar-refractivity contribution in [2.24, 2.45) is 0 Å². The smallest absolute Gasteiger partial charge is 0.144 e. The maximum absolute atomic E-state index is 11.3. The molecule has 2 aliphatic rings. The molecule has 0 saturated carbocycles. The highest BCUT2D eigenvalue weighted by atomic mass is 79.9. The molecule has 2 aromatic carbocycles. The first-order valence-corrected chi connectivity index (χ1v) is 9.57. The second-order valence-electron chi connectivity index (χ2n) is 6.42. The van der Waals surface area contributed by atoms with Gasteiger partial charge in [0.1, 0.15) is 11.6 Å². The molecule has 0 aliphatic heterocycles. The monoisotopic (exact) mass is 448 g/mol. The van der Waals surface area contributed by atoms with Crippen LogP contribution in [0.2, 0.25) is 0 Å². The number of Topliss-reactive ketones (excluding diaryl/α,β-unsaturated/α-hetero) is 2. The van der Waals surface area contributed by atoms with Crippen LogP contribution in [0, 0.1) is 0 Å². The Morgan fingerprint density at radius 2 is 1.12 bits per heavy atom. The Hall–Kier alpha value is -1.26. The van der Waals surface area contributed by atoms with Gasteiger partial charge in [-0.05, 0) is 46.5 Å². The summed E-state index contributed by atoms with van der Waals surface area (Å²) in [5.41, 5.74) is 4.76. The zero-order chi connectivity index (χ0) is 17.4. The van der Waals surface area contributed by atoms with Crippen LogP contribution in [0.15, 0.2) is 45.3 Å². The van der Waals surface area contributed by atoms with Crippen molar-refractivity contribution in [3.63, 3.8) is 0 Å². The number of fused-ring (bicyclic) bond motifs is 2. The van der Waals surface area contributed by atoms with Gasteiger partial charge < -0.3 is 0 Å². The van der Waals surface area contributed by atoms with Crippen molar-refractivity contribution in [2.45, 2.75) is 38.5 Å². The van der Waals surface area contributed by atoms with E-state index in [9.17, 15) is 9.59 Å². The van der Waals surface area contributed by atoms with E-state index in [-0.39, 0.29) is 11.8 Å². The summed E-state index contributed by atoms with van der Waals surface area (Å²) in [6, 6.07) is 12.1. The SMILES string of the molecule is CC1C(=O)Cc2cc(Br)ccc21.CC1C(=O)Cc2cc(Br)ccc21.